The van der Waals surface area contributed by atoms with Gasteiger partial charge in [0.1, 0.15) is 12.1 Å². The smallest absolute Gasteiger partial charge is 0.248 e. The van der Waals surface area contributed by atoms with Crippen LogP contribution in [0.2, 0.25) is 5.02 Å². The van der Waals surface area contributed by atoms with Gasteiger partial charge in [-0.2, -0.15) is 5.10 Å². The number of piperazine rings is 1. The van der Waals surface area contributed by atoms with Crippen LogP contribution in [0.15, 0.2) is 0 Å². The fourth-order valence-electron chi connectivity index (χ4n) is 2.38. The highest BCUT2D eigenvalue weighted by Crippen LogP contribution is 2.24. The Labute approximate surface area is 123 Å². The summed E-state index contributed by atoms with van der Waals surface area (Å²) in [5.41, 5.74) is 0.674. The maximum absolute atomic E-state index is 12.3. The Morgan fingerprint density at radius 3 is 2.60 bits per heavy atom. The first-order valence-corrected chi connectivity index (χ1v) is 6.94. The van der Waals surface area contributed by atoms with Gasteiger partial charge in [0.25, 0.3) is 0 Å². The number of hydrogen-bond acceptors (Lipinski definition) is 3. The van der Waals surface area contributed by atoms with Crippen LogP contribution in [0.5, 0.6) is 0 Å². The first-order chi connectivity index (χ1) is 9.26. The molecule has 6 nitrogen and oxygen atoms in total. The molecule has 0 spiro atoms. The molecule has 1 aromatic heterocycles. The van der Waals surface area contributed by atoms with Crippen LogP contribution in [0.4, 0.5) is 0 Å². The third-order valence-electron chi connectivity index (χ3n) is 3.45. The van der Waals surface area contributed by atoms with Crippen molar-refractivity contribution >= 4 is 23.4 Å². The largest absolute Gasteiger partial charge is 0.341 e. The van der Waals surface area contributed by atoms with Crippen molar-refractivity contribution in [2.75, 3.05) is 6.54 Å². The molecule has 1 aliphatic rings. The van der Waals surface area contributed by atoms with E-state index < -0.39 is 5.54 Å². The number of nitrogens with zero attached hydrogens (tertiary/aromatic N) is 3. The Bertz CT molecular complexity index is 565. The maximum Gasteiger partial charge on any atom is 0.248 e. The van der Waals surface area contributed by atoms with Crippen molar-refractivity contribution in [3.05, 3.63) is 16.4 Å². The predicted molar refractivity (Wildman–Crippen MR) is 75.2 cm³/mol. The molecular formula is C13H19ClN4O2. The highest BCUT2D eigenvalue weighted by Gasteiger charge is 2.39. The number of halogens is 1. The third kappa shape index (κ3) is 2.52. The van der Waals surface area contributed by atoms with Crippen LogP contribution in [-0.2, 0) is 29.6 Å². The van der Waals surface area contributed by atoms with E-state index in [1.54, 1.807) is 25.6 Å². The number of rotatable bonds is 3. The molecule has 1 saturated heterocycles. The number of aryl methyl sites for hydroxylation is 2. The average Bonchev–Trinajstić information content (AvgIpc) is 2.62. The Morgan fingerprint density at radius 1 is 1.40 bits per heavy atom. The van der Waals surface area contributed by atoms with E-state index in [2.05, 4.69) is 10.4 Å². The van der Waals surface area contributed by atoms with Gasteiger partial charge in [0.05, 0.1) is 23.0 Å². The highest BCUT2D eigenvalue weighted by atomic mass is 35.5. The van der Waals surface area contributed by atoms with Crippen LogP contribution in [0, 0.1) is 0 Å². The summed E-state index contributed by atoms with van der Waals surface area (Å²) < 4.78 is 1.67. The summed E-state index contributed by atoms with van der Waals surface area (Å²) in [6.07, 6.45) is 0.729. The minimum atomic E-state index is -0.881. The summed E-state index contributed by atoms with van der Waals surface area (Å²) in [5.74, 6) is -0.281. The van der Waals surface area contributed by atoms with Crippen molar-refractivity contribution in [1.82, 2.24) is 20.0 Å². The minimum absolute atomic E-state index is 0.0469. The second-order valence-corrected chi connectivity index (χ2v) is 5.90. The second kappa shape index (κ2) is 5.09. The van der Waals surface area contributed by atoms with Gasteiger partial charge >= 0.3 is 0 Å². The molecule has 0 bridgehead atoms. The fourth-order valence-corrected chi connectivity index (χ4v) is 2.74. The normalized spacial score (nSPS) is 18.4. The fraction of sp³-hybridized carbons (Fsp3) is 0.615. The van der Waals surface area contributed by atoms with E-state index in [0.717, 1.165) is 17.8 Å². The average molecular weight is 299 g/mol. The summed E-state index contributed by atoms with van der Waals surface area (Å²) in [4.78, 5) is 25.5. The van der Waals surface area contributed by atoms with Crippen LogP contribution >= 0.6 is 11.6 Å². The van der Waals surface area contributed by atoms with Crippen molar-refractivity contribution in [2.45, 2.75) is 39.3 Å². The van der Waals surface area contributed by atoms with Gasteiger partial charge in [-0.25, -0.2) is 0 Å². The lowest BCUT2D eigenvalue weighted by atomic mass is 10.0. The lowest BCUT2D eigenvalue weighted by Crippen LogP contribution is -2.63. The van der Waals surface area contributed by atoms with Crippen LogP contribution < -0.4 is 5.32 Å². The Morgan fingerprint density at radius 2 is 2.05 bits per heavy atom. The van der Waals surface area contributed by atoms with E-state index in [4.69, 9.17) is 11.6 Å². The number of carbonyl (C=O) groups excluding carboxylic acids is 2. The van der Waals surface area contributed by atoms with Crippen molar-refractivity contribution in [2.24, 2.45) is 7.05 Å². The van der Waals surface area contributed by atoms with E-state index in [1.807, 2.05) is 6.92 Å². The molecule has 20 heavy (non-hydrogen) atoms. The van der Waals surface area contributed by atoms with Crippen molar-refractivity contribution in [3.8, 4) is 0 Å². The molecule has 110 valence electrons. The quantitative estimate of drug-likeness (QED) is 0.900. The molecule has 2 amide bonds. The van der Waals surface area contributed by atoms with Crippen LogP contribution in [0.25, 0.3) is 0 Å². The summed E-state index contributed by atoms with van der Waals surface area (Å²) in [7, 11) is 1.79. The van der Waals surface area contributed by atoms with Gasteiger partial charge in [-0.15, -0.1) is 0 Å². The van der Waals surface area contributed by atoms with Gasteiger partial charge in [-0.1, -0.05) is 18.5 Å². The van der Waals surface area contributed by atoms with Gasteiger partial charge in [0, 0.05) is 7.05 Å². The molecule has 2 heterocycles. The number of hydrogen-bond donors (Lipinski definition) is 1. The molecule has 7 heteroatoms. The topological polar surface area (TPSA) is 67.2 Å². The summed E-state index contributed by atoms with van der Waals surface area (Å²) in [6, 6.07) is 0. The Kier molecular flexibility index (Phi) is 3.77. The van der Waals surface area contributed by atoms with Crippen LogP contribution in [0.1, 0.15) is 32.2 Å². The standard InChI is InChI=1S/C13H19ClN4O2/c1-5-8-11(14)9(17(4)16-8)6-18-7-10(19)15-13(2,3)12(18)20/h5-7H2,1-4H3,(H,15,19). The first kappa shape index (κ1) is 14.8. The first-order valence-electron chi connectivity index (χ1n) is 6.57. The zero-order valence-electron chi connectivity index (χ0n) is 12.2. The Balaban J connectivity index is 2.27. The molecule has 1 fully saturated rings. The zero-order valence-corrected chi connectivity index (χ0v) is 12.9. The molecule has 1 aromatic rings. The lowest BCUT2D eigenvalue weighted by molar-refractivity contribution is -0.149. The van der Waals surface area contributed by atoms with Gasteiger partial charge in [-0.3, -0.25) is 14.3 Å². The highest BCUT2D eigenvalue weighted by molar-refractivity contribution is 6.31. The van der Waals surface area contributed by atoms with Crippen LogP contribution in [0.3, 0.4) is 0 Å². The van der Waals surface area contributed by atoms with E-state index in [1.165, 1.54) is 4.90 Å². The zero-order chi connectivity index (χ0) is 15.1. The molecule has 0 atom stereocenters. The predicted octanol–water partition coefficient (Wildman–Crippen LogP) is 0.873. The number of nitrogens with one attached hydrogen (secondary N) is 1. The summed E-state index contributed by atoms with van der Waals surface area (Å²) in [6.45, 7) is 5.70. The van der Waals surface area contributed by atoms with Gasteiger partial charge in [-0.05, 0) is 20.3 Å². The van der Waals surface area contributed by atoms with Crippen LogP contribution in [-0.4, -0.2) is 38.6 Å². The molecule has 1 aliphatic heterocycles. The molecule has 0 aromatic carbocycles. The lowest BCUT2D eigenvalue weighted by Gasteiger charge is -2.37. The molecule has 0 radical (unpaired) electrons. The van der Waals surface area contributed by atoms with Crippen molar-refractivity contribution in [3.63, 3.8) is 0 Å². The molecular weight excluding hydrogens is 280 g/mol. The molecule has 0 saturated carbocycles. The summed E-state index contributed by atoms with van der Waals surface area (Å²) in [5, 5.41) is 7.58. The molecule has 2 rings (SSSR count). The van der Waals surface area contributed by atoms with Gasteiger partial charge in [0.2, 0.25) is 11.8 Å². The molecule has 1 N–H and O–H groups in total. The molecule has 0 aliphatic carbocycles. The summed E-state index contributed by atoms with van der Waals surface area (Å²) >= 11 is 6.28. The van der Waals surface area contributed by atoms with Gasteiger partial charge in [0.15, 0.2) is 0 Å². The third-order valence-corrected chi connectivity index (χ3v) is 3.89. The Hall–Kier alpha value is -1.56. The second-order valence-electron chi connectivity index (χ2n) is 5.52. The number of aromatic nitrogens is 2. The maximum atomic E-state index is 12.3. The van der Waals surface area contributed by atoms with E-state index in [0.29, 0.717) is 5.02 Å². The number of amides is 2. The van der Waals surface area contributed by atoms with E-state index >= 15 is 0 Å². The monoisotopic (exact) mass is 298 g/mol. The van der Waals surface area contributed by atoms with Crippen molar-refractivity contribution < 1.29 is 9.59 Å². The molecule has 0 unspecified atom stereocenters. The van der Waals surface area contributed by atoms with Crippen molar-refractivity contribution in [1.29, 1.82) is 0 Å². The van der Waals surface area contributed by atoms with E-state index in [9.17, 15) is 9.59 Å². The SMILES string of the molecule is CCc1nn(C)c(CN2CC(=O)NC(C)(C)C2=O)c1Cl. The number of carbonyl (C=O) groups is 2. The van der Waals surface area contributed by atoms with E-state index in [-0.39, 0.29) is 24.9 Å². The minimum Gasteiger partial charge on any atom is -0.341 e. The van der Waals surface area contributed by atoms with Gasteiger partial charge < -0.3 is 10.2 Å².